The molecule has 0 unspecified atom stereocenters. The molecular weight excluding hydrogens is 324 g/mol. The number of aryl methyl sites for hydroxylation is 2. The van der Waals surface area contributed by atoms with Gasteiger partial charge >= 0.3 is 0 Å². The Labute approximate surface area is 155 Å². The lowest BCUT2D eigenvalue weighted by Crippen LogP contribution is -2.39. The Morgan fingerprint density at radius 1 is 1.19 bits per heavy atom. The van der Waals surface area contributed by atoms with Crippen LogP contribution in [0.25, 0.3) is 0 Å². The van der Waals surface area contributed by atoms with Crippen molar-refractivity contribution in [3.63, 3.8) is 0 Å². The van der Waals surface area contributed by atoms with Crippen LogP contribution in [0.5, 0.6) is 0 Å². The van der Waals surface area contributed by atoms with Gasteiger partial charge in [0.25, 0.3) is 0 Å². The van der Waals surface area contributed by atoms with E-state index in [2.05, 4.69) is 52.8 Å². The molecule has 5 heteroatoms. The van der Waals surface area contributed by atoms with Crippen molar-refractivity contribution in [2.45, 2.75) is 52.2 Å². The molecule has 2 aliphatic rings. The maximum atomic E-state index is 11.9. The summed E-state index contributed by atoms with van der Waals surface area (Å²) in [6.07, 6.45) is 4.61. The largest absolute Gasteiger partial charge is 0.343 e. The summed E-state index contributed by atoms with van der Waals surface area (Å²) in [5.74, 6) is 0.314. The van der Waals surface area contributed by atoms with E-state index in [0.29, 0.717) is 11.9 Å². The smallest absolute Gasteiger partial charge is 0.222 e. The first-order valence-corrected chi connectivity index (χ1v) is 9.68. The van der Waals surface area contributed by atoms with Crippen LogP contribution in [0, 0.1) is 13.8 Å². The van der Waals surface area contributed by atoms with Gasteiger partial charge in [-0.3, -0.25) is 14.4 Å². The minimum atomic E-state index is 0.314. The van der Waals surface area contributed by atoms with Crippen LogP contribution in [-0.4, -0.2) is 45.1 Å². The summed E-state index contributed by atoms with van der Waals surface area (Å²) < 4.78 is 2.18. The number of hydrogen-bond acceptors (Lipinski definition) is 3. The van der Waals surface area contributed by atoms with E-state index in [1.807, 2.05) is 11.1 Å². The summed E-state index contributed by atoms with van der Waals surface area (Å²) in [5, 5.41) is 4.56. The van der Waals surface area contributed by atoms with Gasteiger partial charge in [-0.2, -0.15) is 5.10 Å². The van der Waals surface area contributed by atoms with Crippen molar-refractivity contribution >= 4 is 5.91 Å². The van der Waals surface area contributed by atoms with Crippen LogP contribution in [0.1, 0.15) is 47.7 Å². The van der Waals surface area contributed by atoms with Crippen LogP contribution in [0.2, 0.25) is 0 Å². The Morgan fingerprint density at radius 3 is 2.73 bits per heavy atom. The molecule has 1 aromatic heterocycles. The Hall–Kier alpha value is -2.14. The van der Waals surface area contributed by atoms with Gasteiger partial charge in [-0.1, -0.05) is 29.3 Å². The highest BCUT2D eigenvalue weighted by Crippen LogP contribution is 2.25. The predicted octanol–water partition coefficient (Wildman–Crippen LogP) is 3.07. The van der Waals surface area contributed by atoms with Crippen molar-refractivity contribution in [3.8, 4) is 0 Å². The van der Waals surface area contributed by atoms with E-state index in [9.17, 15) is 4.79 Å². The number of aromatic nitrogens is 2. The third-order valence-electron chi connectivity index (χ3n) is 5.54. The molecule has 138 valence electrons. The highest BCUT2D eigenvalue weighted by molar-refractivity contribution is 5.78. The van der Waals surface area contributed by atoms with Gasteiger partial charge in [-0.15, -0.1) is 0 Å². The van der Waals surface area contributed by atoms with E-state index < -0.39 is 0 Å². The second-order valence-electron chi connectivity index (χ2n) is 7.86. The average molecular weight is 352 g/mol. The molecule has 0 saturated carbocycles. The minimum Gasteiger partial charge on any atom is -0.343 e. The van der Waals surface area contributed by atoms with Crippen molar-refractivity contribution < 1.29 is 4.79 Å². The molecule has 1 atom stereocenters. The van der Waals surface area contributed by atoms with Crippen LogP contribution < -0.4 is 0 Å². The Bertz CT molecular complexity index is 777. The molecule has 0 spiro atoms. The monoisotopic (exact) mass is 352 g/mol. The fourth-order valence-corrected chi connectivity index (χ4v) is 4.46. The molecule has 0 bridgehead atoms. The number of nitrogens with zero attached hydrogens (tertiary/aromatic N) is 4. The normalized spacial score (nSPS) is 20.6. The van der Waals surface area contributed by atoms with Gasteiger partial charge in [0.2, 0.25) is 5.91 Å². The molecule has 1 fully saturated rings. The predicted molar refractivity (Wildman–Crippen MR) is 102 cm³/mol. The van der Waals surface area contributed by atoms with E-state index >= 15 is 0 Å². The molecule has 4 rings (SSSR count). The van der Waals surface area contributed by atoms with Crippen LogP contribution in [0.15, 0.2) is 30.5 Å². The van der Waals surface area contributed by atoms with Crippen molar-refractivity contribution in [2.75, 3.05) is 19.6 Å². The lowest BCUT2D eigenvalue weighted by Gasteiger charge is -2.34. The lowest BCUT2D eigenvalue weighted by molar-refractivity contribution is -0.127. The topological polar surface area (TPSA) is 41.4 Å². The van der Waals surface area contributed by atoms with Gasteiger partial charge in [0.15, 0.2) is 0 Å². The summed E-state index contributed by atoms with van der Waals surface area (Å²) in [6.45, 7) is 8.99. The Morgan fingerprint density at radius 2 is 2.00 bits per heavy atom. The standard InChI is InChI=1S/C21H28N4O/c1-16-10-17(2)12-18(11-16)13-23-14-19-5-7-22-25(19)20(15-23)6-9-24-8-3-4-21(24)26/h5,7,10-12,20H,3-4,6,8-9,13-15H2,1-2H3/t20-/m0/s1. The van der Waals surface area contributed by atoms with E-state index in [0.717, 1.165) is 52.0 Å². The van der Waals surface area contributed by atoms with Crippen molar-refractivity contribution in [1.82, 2.24) is 19.6 Å². The fraction of sp³-hybridized carbons (Fsp3) is 0.524. The van der Waals surface area contributed by atoms with Gasteiger partial charge in [-0.05, 0) is 38.3 Å². The van der Waals surface area contributed by atoms with E-state index in [1.165, 1.54) is 22.4 Å². The van der Waals surface area contributed by atoms with Gasteiger partial charge < -0.3 is 4.90 Å². The molecule has 26 heavy (non-hydrogen) atoms. The maximum absolute atomic E-state index is 11.9. The van der Waals surface area contributed by atoms with Gasteiger partial charge in [0, 0.05) is 45.3 Å². The van der Waals surface area contributed by atoms with Crippen LogP contribution in [-0.2, 0) is 17.9 Å². The molecule has 1 saturated heterocycles. The first-order chi connectivity index (χ1) is 12.6. The number of likely N-dealkylation sites (tertiary alicyclic amines) is 1. The summed E-state index contributed by atoms with van der Waals surface area (Å²) in [5.41, 5.74) is 5.31. The summed E-state index contributed by atoms with van der Waals surface area (Å²) in [4.78, 5) is 16.4. The minimum absolute atomic E-state index is 0.314. The Balaban J connectivity index is 1.46. The average Bonchev–Trinajstić information content (AvgIpc) is 3.20. The first-order valence-electron chi connectivity index (χ1n) is 9.68. The van der Waals surface area contributed by atoms with Gasteiger partial charge in [0.05, 0.1) is 11.7 Å². The summed E-state index contributed by atoms with van der Waals surface area (Å²) in [6, 6.07) is 9.27. The second kappa shape index (κ2) is 7.23. The van der Waals surface area contributed by atoms with E-state index in [-0.39, 0.29) is 0 Å². The highest BCUT2D eigenvalue weighted by Gasteiger charge is 2.27. The molecular formula is C21H28N4O. The first kappa shape index (κ1) is 17.3. The van der Waals surface area contributed by atoms with Crippen LogP contribution in [0.4, 0.5) is 0 Å². The van der Waals surface area contributed by atoms with E-state index in [1.54, 1.807) is 0 Å². The highest BCUT2D eigenvalue weighted by atomic mass is 16.2. The number of carbonyl (C=O) groups excluding carboxylic acids is 1. The van der Waals surface area contributed by atoms with Crippen molar-refractivity contribution in [3.05, 3.63) is 52.8 Å². The number of carbonyl (C=O) groups is 1. The Kier molecular flexibility index (Phi) is 4.81. The number of hydrogen-bond donors (Lipinski definition) is 0. The quantitative estimate of drug-likeness (QED) is 0.830. The second-order valence-corrected chi connectivity index (χ2v) is 7.86. The molecule has 1 aromatic carbocycles. The lowest BCUT2D eigenvalue weighted by atomic mass is 10.1. The zero-order valence-electron chi connectivity index (χ0n) is 15.8. The molecule has 5 nitrogen and oxygen atoms in total. The number of rotatable bonds is 5. The number of fused-ring (bicyclic) bond motifs is 1. The SMILES string of the molecule is Cc1cc(C)cc(CN2Cc3ccnn3[C@@H](CCN3CCCC3=O)C2)c1. The summed E-state index contributed by atoms with van der Waals surface area (Å²) >= 11 is 0. The third-order valence-corrected chi connectivity index (χ3v) is 5.54. The zero-order valence-corrected chi connectivity index (χ0v) is 15.8. The van der Waals surface area contributed by atoms with Gasteiger partial charge in [-0.25, -0.2) is 0 Å². The molecule has 0 aliphatic carbocycles. The van der Waals surface area contributed by atoms with Crippen molar-refractivity contribution in [1.29, 1.82) is 0 Å². The van der Waals surface area contributed by atoms with Crippen molar-refractivity contribution in [2.24, 2.45) is 0 Å². The molecule has 3 heterocycles. The molecule has 1 amide bonds. The molecule has 2 aliphatic heterocycles. The zero-order chi connectivity index (χ0) is 18.1. The number of amides is 1. The maximum Gasteiger partial charge on any atom is 0.222 e. The molecule has 0 N–H and O–H groups in total. The van der Waals surface area contributed by atoms with Crippen LogP contribution >= 0.6 is 0 Å². The molecule has 0 radical (unpaired) electrons. The summed E-state index contributed by atoms with van der Waals surface area (Å²) in [7, 11) is 0. The van der Waals surface area contributed by atoms with Crippen LogP contribution in [0.3, 0.4) is 0 Å². The van der Waals surface area contributed by atoms with Gasteiger partial charge in [0.1, 0.15) is 0 Å². The van der Waals surface area contributed by atoms with E-state index in [4.69, 9.17) is 0 Å². The third kappa shape index (κ3) is 3.68. The molecule has 2 aromatic rings. The number of benzene rings is 1. The fourth-order valence-electron chi connectivity index (χ4n) is 4.46.